The molecule has 2 aromatic rings. The molecule has 0 aromatic carbocycles. The van der Waals surface area contributed by atoms with Crippen LogP contribution in [0, 0.1) is 20.8 Å². The first-order valence-corrected chi connectivity index (χ1v) is 8.31. The van der Waals surface area contributed by atoms with Gasteiger partial charge in [0.2, 0.25) is 0 Å². The van der Waals surface area contributed by atoms with Crippen LogP contribution in [0.3, 0.4) is 0 Å². The standard InChI is InChI=1S/C18H23N5O/c1-13-9-16(12-19-11-13)18(24)23-6-4-5-22(7-8-23)17-10-14(2)20-15(3)21-17/h9-12H,4-8H2,1-3H3. The lowest BCUT2D eigenvalue weighted by molar-refractivity contribution is 0.0766. The van der Waals surface area contributed by atoms with E-state index in [-0.39, 0.29) is 5.91 Å². The summed E-state index contributed by atoms with van der Waals surface area (Å²) >= 11 is 0. The van der Waals surface area contributed by atoms with E-state index in [1.54, 1.807) is 12.4 Å². The Hall–Kier alpha value is -2.50. The molecule has 24 heavy (non-hydrogen) atoms. The molecule has 1 aliphatic heterocycles. The highest BCUT2D eigenvalue weighted by Crippen LogP contribution is 2.16. The molecule has 3 rings (SSSR count). The molecular weight excluding hydrogens is 302 g/mol. The number of carbonyl (C=O) groups is 1. The maximum atomic E-state index is 12.7. The largest absolute Gasteiger partial charge is 0.355 e. The van der Waals surface area contributed by atoms with Crippen molar-refractivity contribution in [2.75, 3.05) is 31.1 Å². The molecule has 0 radical (unpaired) electrons. The lowest BCUT2D eigenvalue weighted by Gasteiger charge is -2.23. The molecule has 0 bridgehead atoms. The second-order valence-corrected chi connectivity index (χ2v) is 6.30. The molecule has 126 valence electrons. The van der Waals surface area contributed by atoms with Gasteiger partial charge < -0.3 is 9.80 Å². The van der Waals surface area contributed by atoms with E-state index < -0.39 is 0 Å². The Bertz CT molecular complexity index is 726. The van der Waals surface area contributed by atoms with Gasteiger partial charge in [0.1, 0.15) is 11.6 Å². The Morgan fingerprint density at radius 1 is 1.00 bits per heavy atom. The molecule has 6 nitrogen and oxygen atoms in total. The van der Waals surface area contributed by atoms with E-state index in [0.29, 0.717) is 12.1 Å². The lowest BCUT2D eigenvalue weighted by Crippen LogP contribution is -2.35. The molecular formula is C18H23N5O. The van der Waals surface area contributed by atoms with Crippen LogP contribution in [0.4, 0.5) is 5.82 Å². The molecule has 0 saturated carbocycles. The summed E-state index contributed by atoms with van der Waals surface area (Å²) in [4.78, 5) is 29.9. The summed E-state index contributed by atoms with van der Waals surface area (Å²) in [7, 11) is 0. The van der Waals surface area contributed by atoms with Crippen LogP contribution in [0.15, 0.2) is 24.5 Å². The van der Waals surface area contributed by atoms with Gasteiger partial charge in [0, 0.05) is 50.3 Å². The first-order valence-electron chi connectivity index (χ1n) is 8.31. The van der Waals surface area contributed by atoms with Gasteiger partial charge in [0.15, 0.2) is 0 Å². The molecule has 0 atom stereocenters. The fourth-order valence-corrected chi connectivity index (χ4v) is 3.06. The predicted octanol–water partition coefficient (Wildman–Crippen LogP) is 2.15. The number of aryl methyl sites for hydroxylation is 3. The monoisotopic (exact) mass is 325 g/mol. The summed E-state index contributed by atoms with van der Waals surface area (Å²) in [6.45, 7) is 8.97. The molecule has 1 saturated heterocycles. The van der Waals surface area contributed by atoms with Gasteiger partial charge in [0.25, 0.3) is 5.91 Å². The van der Waals surface area contributed by atoms with Crippen molar-refractivity contribution in [2.45, 2.75) is 27.2 Å². The zero-order chi connectivity index (χ0) is 17.1. The van der Waals surface area contributed by atoms with E-state index in [1.165, 1.54) is 0 Å². The number of amides is 1. The van der Waals surface area contributed by atoms with Crippen LogP contribution in [0.2, 0.25) is 0 Å². The highest BCUT2D eigenvalue weighted by atomic mass is 16.2. The summed E-state index contributed by atoms with van der Waals surface area (Å²) < 4.78 is 0. The van der Waals surface area contributed by atoms with E-state index in [2.05, 4.69) is 19.9 Å². The lowest BCUT2D eigenvalue weighted by atomic mass is 10.2. The minimum atomic E-state index is 0.0584. The quantitative estimate of drug-likeness (QED) is 0.846. The van der Waals surface area contributed by atoms with E-state index in [0.717, 1.165) is 49.0 Å². The zero-order valence-electron chi connectivity index (χ0n) is 14.5. The molecule has 1 fully saturated rings. The second kappa shape index (κ2) is 6.95. The number of nitrogens with zero attached hydrogens (tertiary/aromatic N) is 5. The minimum absolute atomic E-state index is 0.0584. The van der Waals surface area contributed by atoms with Gasteiger partial charge in [-0.3, -0.25) is 9.78 Å². The number of rotatable bonds is 2. The van der Waals surface area contributed by atoms with Crippen molar-refractivity contribution in [3.05, 3.63) is 47.2 Å². The smallest absolute Gasteiger partial charge is 0.255 e. The third kappa shape index (κ3) is 3.69. The molecule has 0 unspecified atom stereocenters. The van der Waals surface area contributed by atoms with Crippen LogP contribution < -0.4 is 4.90 Å². The van der Waals surface area contributed by atoms with Crippen LogP contribution >= 0.6 is 0 Å². The van der Waals surface area contributed by atoms with Gasteiger partial charge in [-0.05, 0) is 38.8 Å². The average Bonchev–Trinajstić information content (AvgIpc) is 2.79. The van der Waals surface area contributed by atoms with Gasteiger partial charge >= 0.3 is 0 Å². The van der Waals surface area contributed by atoms with Crippen LogP contribution in [0.25, 0.3) is 0 Å². The predicted molar refractivity (Wildman–Crippen MR) is 93.2 cm³/mol. The molecule has 6 heteroatoms. The molecule has 2 aromatic heterocycles. The topological polar surface area (TPSA) is 62.2 Å². The van der Waals surface area contributed by atoms with Crippen molar-refractivity contribution in [3.63, 3.8) is 0 Å². The first kappa shape index (κ1) is 16.4. The first-order chi connectivity index (χ1) is 11.5. The normalized spacial score (nSPS) is 15.3. The third-order valence-corrected chi connectivity index (χ3v) is 4.18. The number of hydrogen-bond acceptors (Lipinski definition) is 5. The van der Waals surface area contributed by atoms with E-state index >= 15 is 0 Å². The number of pyridine rings is 1. The molecule has 1 amide bonds. The fourth-order valence-electron chi connectivity index (χ4n) is 3.06. The van der Waals surface area contributed by atoms with Crippen molar-refractivity contribution in [2.24, 2.45) is 0 Å². The summed E-state index contributed by atoms with van der Waals surface area (Å²) in [5.74, 6) is 1.79. The summed E-state index contributed by atoms with van der Waals surface area (Å²) in [5.41, 5.74) is 2.64. The second-order valence-electron chi connectivity index (χ2n) is 6.30. The van der Waals surface area contributed by atoms with E-state index in [1.807, 2.05) is 37.8 Å². The average molecular weight is 325 g/mol. The maximum absolute atomic E-state index is 12.7. The minimum Gasteiger partial charge on any atom is -0.355 e. The van der Waals surface area contributed by atoms with Gasteiger partial charge in [-0.1, -0.05) is 0 Å². The molecule has 1 aliphatic rings. The number of carbonyl (C=O) groups excluding carboxylic acids is 1. The van der Waals surface area contributed by atoms with Crippen LogP contribution in [-0.4, -0.2) is 51.9 Å². The third-order valence-electron chi connectivity index (χ3n) is 4.18. The van der Waals surface area contributed by atoms with Crippen LogP contribution in [-0.2, 0) is 0 Å². The van der Waals surface area contributed by atoms with Gasteiger partial charge in [-0.2, -0.15) is 0 Å². The SMILES string of the molecule is Cc1cncc(C(=O)N2CCCN(c3cc(C)nc(C)n3)CC2)c1. The van der Waals surface area contributed by atoms with Crippen LogP contribution in [0.5, 0.6) is 0 Å². The maximum Gasteiger partial charge on any atom is 0.255 e. The zero-order valence-corrected chi connectivity index (χ0v) is 14.5. The summed E-state index contributed by atoms with van der Waals surface area (Å²) in [6.07, 6.45) is 4.34. The van der Waals surface area contributed by atoms with E-state index in [9.17, 15) is 4.79 Å². The van der Waals surface area contributed by atoms with Crippen molar-refractivity contribution in [3.8, 4) is 0 Å². The Morgan fingerprint density at radius 2 is 1.83 bits per heavy atom. The Morgan fingerprint density at radius 3 is 2.58 bits per heavy atom. The number of aromatic nitrogens is 3. The Kier molecular flexibility index (Phi) is 4.74. The highest BCUT2D eigenvalue weighted by molar-refractivity contribution is 5.94. The summed E-state index contributed by atoms with van der Waals surface area (Å²) in [6, 6.07) is 3.91. The molecule has 0 spiro atoms. The van der Waals surface area contributed by atoms with Gasteiger partial charge in [0.05, 0.1) is 5.56 Å². The molecule has 0 aliphatic carbocycles. The number of hydrogen-bond donors (Lipinski definition) is 0. The molecule has 3 heterocycles. The summed E-state index contributed by atoms with van der Waals surface area (Å²) in [5, 5.41) is 0. The fraction of sp³-hybridized carbons (Fsp3) is 0.444. The van der Waals surface area contributed by atoms with Crippen molar-refractivity contribution in [1.82, 2.24) is 19.9 Å². The number of anilines is 1. The van der Waals surface area contributed by atoms with Crippen LogP contribution in [0.1, 0.15) is 33.9 Å². The van der Waals surface area contributed by atoms with Crippen molar-refractivity contribution < 1.29 is 4.79 Å². The Labute approximate surface area is 142 Å². The molecule has 0 N–H and O–H groups in total. The van der Waals surface area contributed by atoms with Crippen molar-refractivity contribution >= 4 is 11.7 Å². The highest BCUT2D eigenvalue weighted by Gasteiger charge is 2.21. The van der Waals surface area contributed by atoms with Crippen molar-refractivity contribution in [1.29, 1.82) is 0 Å². The Balaban J connectivity index is 1.72. The van der Waals surface area contributed by atoms with Gasteiger partial charge in [-0.15, -0.1) is 0 Å². The van der Waals surface area contributed by atoms with Gasteiger partial charge in [-0.25, -0.2) is 9.97 Å². The van der Waals surface area contributed by atoms with E-state index in [4.69, 9.17) is 0 Å².